The molecule has 32 heavy (non-hydrogen) atoms. The molecule has 0 N–H and O–H groups in total. The van der Waals surface area contributed by atoms with Gasteiger partial charge in [0, 0.05) is 17.9 Å². The fraction of sp³-hybridized carbons (Fsp3) is 0.417. The summed E-state index contributed by atoms with van der Waals surface area (Å²) in [6.07, 6.45) is 2.19. The first-order valence-corrected chi connectivity index (χ1v) is 12.8. The van der Waals surface area contributed by atoms with Crippen molar-refractivity contribution in [3.8, 4) is 5.75 Å². The zero-order chi connectivity index (χ0) is 23.1. The van der Waals surface area contributed by atoms with Gasteiger partial charge in [-0.25, -0.2) is 4.98 Å². The van der Waals surface area contributed by atoms with Crippen molar-refractivity contribution in [2.24, 2.45) is 0 Å². The number of ether oxygens (including phenoxy) is 1. The molecule has 0 aliphatic heterocycles. The minimum Gasteiger partial charge on any atom is -0.497 e. The second-order valence-corrected chi connectivity index (χ2v) is 10.4. The van der Waals surface area contributed by atoms with E-state index in [-0.39, 0.29) is 5.91 Å². The molecule has 1 heterocycles. The third-order valence-corrected chi connectivity index (χ3v) is 7.71. The van der Waals surface area contributed by atoms with E-state index in [1.54, 1.807) is 18.9 Å². The van der Waals surface area contributed by atoms with Crippen LogP contribution in [0.2, 0.25) is 5.02 Å². The monoisotopic (exact) mass is 491 g/mol. The van der Waals surface area contributed by atoms with E-state index in [0.717, 1.165) is 51.8 Å². The fourth-order valence-corrected chi connectivity index (χ4v) is 5.51. The summed E-state index contributed by atoms with van der Waals surface area (Å²) in [4.78, 5) is 23.1. The van der Waals surface area contributed by atoms with Crippen molar-refractivity contribution in [1.29, 1.82) is 0 Å². The lowest BCUT2D eigenvalue weighted by atomic mass is 10.2. The standard InChI is InChI=1S/C24H30ClN3O2S2/c1-17-8-13-20(25)23-22(17)26-24(32-23)28(15-6-14-27(2)3)21(29)7-5-16-31-19-11-9-18(30-4)10-12-19/h8-13H,5-7,14-16H2,1-4H3. The Morgan fingerprint density at radius 1 is 1.12 bits per heavy atom. The number of thioether (sulfide) groups is 1. The number of aromatic nitrogens is 1. The smallest absolute Gasteiger partial charge is 0.228 e. The quantitative estimate of drug-likeness (QED) is 0.238. The molecule has 1 amide bonds. The van der Waals surface area contributed by atoms with Gasteiger partial charge in [-0.05, 0) is 82.1 Å². The van der Waals surface area contributed by atoms with Gasteiger partial charge in [-0.1, -0.05) is 29.0 Å². The summed E-state index contributed by atoms with van der Waals surface area (Å²) in [5.74, 6) is 1.85. The number of aryl methyl sites for hydroxylation is 1. The SMILES string of the molecule is COc1ccc(SCCCC(=O)N(CCCN(C)C)c2nc3c(C)ccc(Cl)c3s2)cc1. The number of fused-ring (bicyclic) bond motifs is 1. The molecule has 1 aromatic heterocycles. The minimum atomic E-state index is 0.118. The molecule has 0 fully saturated rings. The number of amides is 1. The van der Waals surface area contributed by atoms with Gasteiger partial charge < -0.3 is 9.64 Å². The molecule has 5 nitrogen and oxygen atoms in total. The zero-order valence-corrected chi connectivity index (χ0v) is 21.4. The molecule has 3 aromatic rings. The highest BCUT2D eigenvalue weighted by Crippen LogP contribution is 2.36. The Hall–Kier alpha value is -1.80. The van der Waals surface area contributed by atoms with Gasteiger partial charge in [0.05, 0.1) is 22.3 Å². The Morgan fingerprint density at radius 2 is 1.88 bits per heavy atom. The van der Waals surface area contributed by atoms with Crippen LogP contribution in [0, 0.1) is 6.92 Å². The number of carbonyl (C=O) groups excluding carboxylic acids is 1. The minimum absolute atomic E-state index is 0.118. The van der Waals surface area contributed by atoms with Crippen LogP contribution in [0.4, 0.5) is 5.13 Å². The van der Waals surface area contributed by atoms with E-state index in [0.29, 0.717) is 18.0 Å². The van der Waals surface area contributed by atoms with Gasteiger partial charge in [0.15, 0.2) is 5.13 Å². The lowest BCUT2D eigenvalue weighted by molar-refractivity contribution is -0.118. The molecule has 0 saturated carbocycles. The Kier molecular flexibility index (Phi) is 9.22. The number of thiazole rings is 1. The first kappa shape index (κ1) is 24.8. The third-order valence-electron chi connectivity index (χ3n) is 5.07. The summed E-state index contributed by atoms with van der Waals surface area (Å²) in [5.41, 5.74) is 1.96. The van der Waals surface area contributed by atoms with Gasteiger partial charge in [0.25, 0.3) is 0 Å². The summed E-state index contributed by atoms with van der Waals surface area (Å²) in [6.45, 7) is 3.59. The number of rotatable bonds is 11. The second-order valence-electron chi connectivity index (χ2n) is 7.87. The summed E-state index contributed by atoms with van der Waals surface area (Å²) >= 11 is 9.66. The molecule has 0 saturated heterocycles. The maximum absolute atomic E-state index is 13.2. The van der Waals surface area contributed by atoms with Gasteiger partial charge in [0.1, 0.15) is 5.75 Å². The molecule has 0 bridgehead atoms. The van der Waals surface area contributed by atoms with Gasteiger partial charge in [-0.2, -0.15) is 0 Å². The summed E-state index contributed by atoms with van der Waals surface area (Å²) in [5, 5.41) is 1.42. The summed E-state index contributed by atoms with van der Waals surface area (Å²) in [6, 6.07) is 11.9. The number of benzene rings is 2. The molecule has 0 radical (unpaired) electrons. The first-order valence-electron chi connectivity index (χ1n) is 10.7. The zero-order valence-electron chi connectivity index (χ0n) is 19.1. The van der Waals surface area contributed by atoms with E-state index in [4.69, 9.17) is 21.3 Å². The molecule has 0 aliphatic rings. The average Bonchev–Trinajstić information content (AvgIpc) is 3.23. The van der Waals surface area contributed by atoms with E-state index < -0.39 is 0 Å². The van der Waals surface area contributed by atoms with Crippen molar-refractivity contribution in [3.05, 3.63) is 47.0 Å². The van der Waals surface area contributed by atoms with E-state index in [9.17, 15) is 4.79 Å². The van der Waals surface area contributed by atoms with Gasteiger partial charge in [0.2, 0.25) is 5.91 Å². The van der Waals surface area contributed by atoms with Crippen LogP contribution >= 0.6 is 34.7 Å². The lowest BCUT2D eigenvalue weighted by Crippen LogP contribution is -2.33. The van der Waals surface area contributed by atoms with Crippen molar-refractivity contribution in [1.82, 2.24) is 9.88 Å². The molecule has 2 aromatic carbocycles. The van der Waals surface area contributed by atoms with Crippen molar-refractivity contribution >= 4 is 56.0 Å². The van der Waals surface area contributed by atoms with Crippen LogP contribution in [0.25, 0.3) is 10.2 Å². The van der Waals surface area contributed by atoms with Crippen LogP contribution in [0.5, 0.6) is 5.75 Å². The third kappa shape index (κ3) is 6.61. The highest BCUT2D eigenvalue weighted by molar-refractivity contribution is 7.99. The van der Waals surface area contributed by atoms with Crippen LogP contribution in [-0.2, 0) is 4.79 Å². The van der Waals surface area contributed by atoms with Crippen LogP contribution in [0.3, 0.4) is 0 Å². The van der Waals surface area contributed by atoms with E-state index >= 15 is 0 Å². The molecular formula is C24H30ClN3O2S2. The molecule has 0 spiro atoms. The largest absolute Gasteiger partial charge is 0.497 e. The van der Waals surface area contributed by atoms with Gasteiger partial charge in [-0.15, -0.1) is 11.8 Å². The second kappa shape index (κ2) is 11.9. The van der Waals surface area contributed by atoms with Crippen LogP contribution in [0.1, 0.15) is 24.8 Å². The van der Waals surface area contributed by atoms with E-state index in [2.05, 4.69) is 4.90 Å². The Labute approximate surface area is 203 Å². The highest BCUT2D eigenvalue weighted by Gasteiger charge is 2.20. The number of nitrogens with zero attached hydrogens (tertiary/aromatic N) is 3. The average molecular weight is 492 g/mol. The fourth-order valence-electron chi connectivity index (χ4n) is 3.30. The predicted molar refractivity (Wildman–Crippen MR) is 138 cm³/mol. The van der Waals surface area contributed by atoms with Crippen LogP contribution < -0.4 is 9.64 Å². The molecule has 0 unspecified atom stereocenters. The van der Waals surface area contributed by atoms with Crippen molar-refractivity contribution in [2.75, 3.05) is 44.9 Å². The maximum atomic E-state index is 13.2. The number of carbonyl (C=O) groups is 1. The van der Waals surface area contributed by atoms with Crippen molar-refractivity contribution < 1.29 is 9.53 Å². The highest BCUT2D eigenvalue weighted by atomic mass is 35.5. The molecule has 172 valence electrons. The molecular weight excluding hydrogens is 462 g/mol. The Balaban J connectivity index is 1.65. The van der Waals surface area contributed by atoms with Crippen LogP contribution in [-0.4, -0.2) is 55.8 Å². The van der Waals surface area contributed by atoms with E-state index in [1.807, 2.05) is 62.3 Å². The molecule has 3 rings (SSSR count). The molecule has 0 atom stereocenters. The number of anilines is 1. The van der Waals surface area contributed by atoms with Crippen molar-refractivity contribution in [3.63, 3.8) is 0 Å². The number of methoxy groups -OCH3 is 1. The maximum Gasteiger partial charge on any atom is 0.228 e. The number of halogens is 1. The first-order chi connectivity index (χ1) is 15.4. The van der Waals surface area contributed by atoms with Gasteiger partial charge >= 0.3 is 0 Å². The lowest BCUT2D eigenvalue weighted by Gasteiger charge is -2.21. The van der Waals surface area contributed by atoms with Crippen molar-refractivity contribution in [2.45, 2.75) is 31.1 Å². The predicted octanol–water partition coefficient (Wildman–Crippen LogP) is 6.12. The number of hydrogen-bond acceptors (Lipinski definition) is 6. The normalized spacial score (nSPS) is 11.3. The van der Waals surface area contributed by atoms with Crippen LogP contribution in [0.15, 0.2) is 41.3 Å². The Bertz CT molecular complexity index is 999. The number of hydrogen-bond donors (Lipinski definition) is 0. The molecule has 0 aliphatic carbocycles. The topological polar surface area (TPSA) is 45.7 Å². The molecule has 8 heteroatoms. The summed E-state index contributed by atoms with van der Waals surface area (Å²) in [7, 11) is 5.76. The van der Waals surface area contributed by atoms with Gasteiger partial charge in [-0.3, -0.25) is 9.69 Å². The van der Waals surface area contributed by atoms with E-state index in [1.165, 1.54) is 16.2 Å². The Morgan fingerprint density at radius 3 is 2.53 bits per heavy atom. The summed E-state index contributed by atoms with van der Waals surface area (Å²) < 4.78 is 6.15.